The van der Waals surface area contributed by atoms with Gasteiger partial charge in [0, 0.05) is 11.1 Å². The van der Waals surface area contributed by atoms with Crippen LogP contribution in [0, 0.1) is 0 Å². The Morgan fingerprint density at radius 3 is 0.531 bits per heavy atom. The molecule has 0 saturated carbocycles. The van der Waals surface area contributed by atoms with Crippen molar-refractivity contribution in [2.75, 3.05) is 14.2 Å². The van der Waals surface area contributed by atoms with Gasteiger partial charge < -0.3 is 47.4 Å². The van der Waals surface area contributed by atoms with E-state index in [1.807, 2.05) is 0 Å². The van der Waals surface area contributed by atoms with E-state index < -0.39 is 108 Å². The average Bonchev–Trinajstić information content (AvgIpc) is 0.741. The fourth-order valence-corrected chi connectivity index (χ4v) is 14.9. The van der Waals surface area contributed by atoms with E-state index in [1.165, 1.54) is 38.5 Å². The van der Waals surface area contributed by atoms with Crippen LogP contribution in [0.15, 0.2) is 109 Å². The second-order valence-electron chi connectivity index (χ2n) is 31.5. The van der Waals surface area contributed by atoms with E-state index in [2.05, 4.69) is 0 Å². The van der Waals surface area contributed by atoms with Crippen molar-refractivity contribution in [2.24, 2.45) is 0 Å². The third-order valence-electron chi connectivity index (χ3n) is 13.0. The van der Waals surface area contributed by atoms with Gasteiger partial charge in [0.15, 0.2) is 0 Å². The third kappa shape index (κ3) is 22.3. The third-order valence-corrected chi connectivity index (χ3v) is 17.8. The highest BCUT2D eigenvalue weighted by Crippen LogP contribution is 2.48. The van der Waals surface area contributed by atoms with Crippen molar-refractivity contribution in [2.45, 2.75) is 211 Å². The summed E-state index contributed by atoms with van der Waals surface area (Å²) in [4.78, 5) is 117. The molecule has 0 N–H and O–H groups in total. The number of hydrogen-bond acceptors (Lipinski definition) is 18. The number of carbonyl (C=O) groups is 8. The first-order valence-corrected chi connectivity index (χ1v) is 34.8. The Morgan fingerprint density at radius 1 is 0.245 bits per heavy atom. The van der Waals surface area contributed by atoms with Crippen LogP contribution in [0.5, 0.6) is 11.5 Å². The molecule has 0 aliphatic carbocycles. The summed E-state index contributed by atoms with van der Waals surface area (Å²) >= 11 is 0. The van der Waals surface area contributed by atoms with Crippen LogP contribution in [0.3, 0.4) is 0 Å². The molecule has 6 aromatic rings. The fourth-order valence-electron chi connectivity index (χ4n) is 9.71. The molecule has 20 heteroatoms. The second kappa shape index (κ2) is 29.5. The quantitative estimate of drug-likeness (QED) is 0.0469. The summed E-state index contributed by atoms with van der Waals surface area (Å²) in [6.45, 7) is 40.9. The predicted octanol–water partition coefficient (Wildman–Crippen LogP) is 14.5. The molecule has 6 rings (SSSR count). The summed E-state index contributed by atoms with van der Waals surface area (Å²) in [6.07, 6.45) is 0. The van der Waals surface area contributed by atoms with Gasteiger partial charge in [0.1, 0.15) is 56.3 Å². The van der Waals surface area contributed by atoms with E-state index in [0.29, 0.717) is 43.0 Å². The maximum atomic E-state index is 14.7. The van der Waals surface area contributed by atoms with Gasteiger partial charge in [-0.1, -0.05) is 24.3 Å². The molecule has 0 fully saturated rings. The molecule has 0 radical (unpaired) electrons. The molecule has 6 aromatic carbocycles. The fraction of sp³-hybridized carbons (Fsp3) is 0.436. The smallest absolute Gasteiger partial charge is 0.338 e. The zero-order valence-electron chi connectivity index (χ0n) is 61.6. The van der Waals surface area contributed by atoms with Crippen molar-refractivity contribution < 1.29 is 85.7 Å². The Morgan fingerprint density at radius 2 is 0.398 bits per heavy atom. The topological polar surface area (TPSA) is 229 Å². The number of ether oxygens (including phenoxy) is 10. The van der Waals surface area contributed by atoms with Crippen molar-refractivity contribution in [1.29, 1.82) is 0 Å². The standard InChI is InChI=1S/C78H96O18P2/c1-71(2,3)89-63(79)45-33-46(64(80)90-72(4,5)6)38-53(37-45)97(54-39-47(65(81)91-73(7,8)9)34-48(40-54)66(82)92-74(10,11)12)59-31-27-29-57(87-25)61(59)62-58(88-26)30-28-32-60(62)98(55-41-49(67(83)93-75(13,14)15)35-50(42-55)68(84)94-76(16,17)18)56-43-51(69(85)95-77(19,20)21)36-52(44-56)70(86)96-78(22,23)24/h27-44H,1-26H3. The van der Waals surface area contributed by atoms with Gasteiger partial charge in [-0.05, 0) is 299 Å². The van der Waals surface area contributed by atoms with E-state index in [1.54, 1.807) is 251 Å². The molecule has 0 aliphatic rings. The molecule has 0 spiro atoms. The van der Waals surface area contributed by atoms with E-state index >= 15 is 0 Å². The lowest BCUT2D eigenvalue weighted by Crippen LogP contribution is -2.31. The second-order valence-corrected chi connectivity index (χ2v) is 35.8. The molecule has 0 bridgehead atoms. The van der Waals surface area contributed by atoms with Gasteiger partial charge in [-0.15, -0.1) is 0 Å². The highest BCUT2D eigenvalue weighted by Gasteiger charge is 2.37. The number of methoxy groups -OCH3 is 2. The molecule has 98 heavy (non-hydrogen) atoms. The first kappa shape index (κ1) is 78.5. The molecule has 0 aliphatic heterocycles. The first-order chi connectivity index (χ1) is 44.7. The summed E-state index contributed by atoms with van der Waals surface area (Å²) in [5, 5.41) is 2.01. The molecule has 526 valence electrons. The van der Waals surface area contributed by atoms with Crippen molar-refractivity contribution in [1.82, 2.24) is 0 Å². The van der Waals surface area contributed by atoms with E-state index in [4.69, 9.17) is 47.4 Å². The number of esters is 8. The van der Waals surface area contributed by atoms with Crippen molar-refractivity contribution in [3.63, 3.8) is 0 Å². The summed E-state index contributed by atoms with van der Waals surface area (Å²) in [5.74, 6) is -5.91. The molecule has 0 aromatic heterocycles. The predicted molar refractivity (Wildman–Crippen MR) is 384 cm³/mol. The maximum absolute atomic E-state index is 14.7. The summed E-state index contributed by atoms with van der Waals surface area (Å²) in [5.41, 5.74) is -7.96. The maximum Gasteiger partial charge on any atom is 0.338 e. The van der Waals surface area contributed by atoms with E-state index in [-0.39, 0.29) is 56.0 Å². The summed E-state index contributed by atoms with van der Waals surface area (Å²) in [6, 6.07) is 28.7. The average molecular weight is 1380 g/mol. The molecule has 0 amide bonds. The van der Waals surface area contributed by atoms with Gasteiger partial charge in [0.25, 0.3) is 0 Å². The Hall–Kier alpha value is -8.46. The number of benzene rings is 6. The first-order valence-electron chi connectivity index (χ1n) is 32.1. The minimum absolute atomic E-state index is 0.0521. The van der Waals surface area contributed by atoms with Crippen LogP contribution < -0.4 is 41.3 Å². The van der Waals surface area contributed by atoms with Crippen LogP contribution in [0.2, 0.25) is 0 Å². The molecule has 0 heterocycles. The Bertz CT molecular complexity index is 3390. The lowest BCUT2D eigenvalue weighted by Gasteiger charge is -2.30. The van der Waals surface area contributed by atoms with Gasteiger partial charge in [-0.3, -0.25) is 0 Å². The van der Waals surface area contributed by atoms with Crippen LogP contribution >= 0.6 is 15.8 Å². The Balaban J connectivity index is 1.98. The van der Waals surface area contributed by atoms with Crippen molar-refractivity contribution in [3.8, 4) is 22.6 Å². The van der Waals surface area contributed by atoms with Crippen LogP contribution in [-0.4, -0.2) is 107 Å². The van der Waals surface area contributed by atoms with E-state index in [9.17, 15) is 38.4 Å². The van der Waals surface area contributed by atoms with Gasteiger partial charge in [-0.25, -0.2) is 38.4 Å². The van der Waals surface area contributed by atoms with Gasteiger partial charge in [-0.2, -0.15) is 0 Å². The zero-order chi connectivity index (χ0) is 74.0. The summed E-state index contributed by atoms with van der Waals surface area (Å²) in [7, 11) is -1.83. The van der Waals surface area contributed by atoms with E-state index in [0.717, 1.165) is 0 Å². The van der Waals surface area contributed by atoms with Gasteiger partial charge >= 0.3 is 47.8 Å². The molecular formula is C78H96O18P2. The molecule has 0 atom stereocenters. The monoisotopic (exact) mass is 1380 g/mol. The zero-order valence-corrected chi connectivity index (χ0v) is 63.4. The van der Waals surface area contributed by atoms with Crippen LogP contribution in [0.25, 0.3) is 11.1 Å². The number of rotatable bonds is 17. The lowest BCUT2D eigenvalue weighted by molar-refractivity contribution is 0.00466. The van der Waals surface area contributed by atoms with Gasteiger partial charge in [0.05, 0.1) is 58.7 Å². The summed E-state index contributed by atoms with van der Waals surface area (Å²) < 4.78 is 61.1. The van der Waals surface area contributed by atoms with Gasteiger partial charge in [0.2, 0.25) is 0 Å². The highest BCUT2D eigenvalue weighted by molar-refractivity contribution is 7.81. The van der Waals surface area contributed by atoms with Crippen LogP contribution in [0.1, 0.15) is 249 Å². The molecule has 0 saturated heterocycles. The largest absolute Gasteiger partial charge is 0.496 e. The number of hydrogen-bond donors (Lipinski definition) is 0. The van der Waals surface area contributed by atoms with Crippen molar-refractivity contribution in [3.05, 3.63) is 154 Å². The molecular weight excluding hydrogens is 1290 g/mol. The normalized spacial score (nSPS) is 12.5. The SMILES string of the molecule is COc1cccc(P(c2cc(C(=O)OC(C)(C)C)cc(C(=O)OC(C)(C)C)c2)c2cc(C(=O)OC(C)(C)C)cc(C(=O)OC(C)(C)C)c2)c1-c1c(OC)cccc1P(c1cc(C(=O)OC(C)(C)C)cc(C(=O)OC(C)(C)C)c1)c1cc(C(=O)OC(C)(C)C)cc(C(=O)OC(C)(C)C)c1. The van der Waals surface area contributed by atoms with Crippen molar-refractivity contribution >= 4 is 95.4 Å². The Kier molecular flexibility index (Phi) is 23.7. The van der Waals surface area contributed by atoms with Crippen LogP contribution in [0.4, 0.5) is 0 Å². The highest BCUT2D eigenvalue weighted by atomic mass is 31.1. The molecule has 18 nitrogen and oxygen atoms in total. The van der Waals surface area contributed by atoms with Crippen LogP contribution in [-0.2, 0) is 37.9 Å². The molecule has 0 unspecified atom stereocenters. The lowest BCUT2D eigenvalue weighted by atomic mass is 10.0. The minimum atomic E-state index is -2.38. The Labute approximate surface area is 579 Å². The number of carbonyl (C=O) groups excluding carboxylic acids is 8. The minimum Gasteiger partial charge on any atom is -0.496 e.